The number of hydrogen-bond acceptors (Lipinski definition) is 4. The highest BCUT2D eigenvalue weighted by Crippen LogP contribution is 2.25. The monoisotopic (exact) mass is 455 g/mol. The normalized spacial score (nSPS) is 14.7. The van der Waals surface area contributed by atoms with Crippen LogP contribution in [0.3, 0.4) is 0 Å². The topological polar surface area (TPSA) is 54.5 Å². The standard InChI is InChI=1S/C27H37NO3S/c1-22(2)32(30,31)20-8-3-5-9-27(29)21-23-10-12-24(13-11-23)25-14-16-26(17-15-25)28-18-6-4-7-19-28/h10-17,22H,3-9,18-21H2,1-2H3. The number of rotatable bonds is 11. The third-order valence-corrected chi connectivity index (χ3v) is 8.67. The maximum atomic E-state index is 12.3. The zero-order valence-electron chi connectivity index (χ0n) is 19.6. The average molecular weight is 456 g/mol. The fraction of sp³-hybridized carbons (Fsp3) is 0.519. The van der Waals surface area contributed by atoms with Crippen LogP contribution in [0.25, 0.3) is 11.1 Å². The van der Waals surface area contributed by atoms with Gasteiger partial charge in [0.25, 0.3) is 0 Å². The smallest absolute Gasteiger partial charge is 0.152 e. The second kappa shape index (κ2) is 11.6. The van der Waals surface area contributed by atoms with E-state index in [-0.39, 0.29) is 16.8 Å². The summed E-state index contributed by atoms with van der Waals surface area (Å²) < 4.78 is 23.6. The van der Waals surface area contributed by atoms with Crippen molar-refractivity contribution in [3.63, 3.8) is 0 Å². The Hall–Kier alpha value is -2.14. The number of ketones is 1. The van der Waals surface area contributed by atoms with E-state index in [2.05, 4.69) is 41.3 Å². The first-order chi connectivity index (χ1) is 15.3. The molecule has 4 nitrogen and oxygen atoms in total. The number of carbonyl (C=O) groups is 1. The van der Waals surface area contributed by atoms with Crippen molar-refractivity contribution in [1.29, 1.82) is 0 Å². The number of piperidine rings is 1. The maximum absolute atomic E-state index is 12.3. The zero-order valence-corrected chi connectivity index (χ0v) is 20.4. The second-order valence-corrected chi connectivity index (χ2v) is 11.9. The summed E-state index contributed by atoms with van der Waals surface area (Å²) in [7, 11) is -2.97. The summed E-state index contributed by atoms with van der Waals surface area (Å²) in [6.07, 6.45) is 7.03. The fourth-order valence-corrected chi connectivity index (χ4v) is 5.26. The molecule has 0 aromatic heterocycles. The predicted octanol–water partition coefficient (Wildman–Crippen LogP) is 5.84. The number of sulfone groups is 1. The molecule has 0 atom stereocenters. The number of anilines is 1. The van der Waals surface area contributed by atoms with Crippen LogP contribution in [-0.2, 0) is 21.1 Å². The van der Waals surface area contributed by atoms with Crippen molar-refractivity contribution in [2.24, 2.45) is 0 Å². The van der Waals surface area contributed by atoms with Crippen LogP contribution >= 0.6 is 0 Å². The van der Waals surface area contributed by atoms with E-state index in [1.54, 1.807) is 13.8 Å². The van der Waals surface area contributed by atoms with Gasteiger partial charge in [0.15, 0.2) is 9.84 Å². The number of nitrogens with zero attached hydrogens (tertiary/aromatic N) is 1. The summed E-state index contributed by atoms with van der Waals surface area (Å²) in [5, 5.41) is -0.320. The molecule has 0 amide bonds. The largest absolute Gasteiger partial charge is 0.372 e. The van der Waals surface area contributed by atoms with Crippen molar-refractivity contribution in [2.75, 3.05) is 23.7 Å². The van der Waals surface area contributed by atoms with Crippen molar-refractivity contribution < 1.29 is 13.2 Å². The molecule has 2 aromatic rings. The molecule has 32 heavy (non-hydrogen) atoms. The molecule has 1 fully saturated rings. The third kappa shape index (κ3) is 7.19. The first kappa shape index (κ1) is 24.5. The molecule has 1 saturated heterocycles. The summed E-state index contributed by atoms with van der Waals surface area (Å²) >= 11 is 0. The lowest BCUT2D eigenvalue weighted by molar-refractivity contribution is -0.118. The van der Waals surface area contributed by atoms with E-state index in [0.29, 0.717) is 19.3 Å². The maximum Gasteiger partial charge on any atom is 0.152 e. The Labute approximate surface area is 194 Å². The first-order valence-electron chi connectivity index (χ1n) is 12.0. The van der Waals surface area contributed by atoms with Crippen molar-refractivity contribution in [2.45, 2.75) is 70.5 Å². The van der Waals surface area contributed by atoms with Crippen LogP contribution in [0, 0.1) is 0 Å². The van der Waals surface area contributed by atoms with Gasteiger partial charge in [-0.3, -0.25) is 4.79 Å². The molecule has 2 aromatic carbocycles. The minimum Gasteiger partial charge on any atom is -0.372 e. The lowest BCUT2D eigenvalue weighted by Gasteiger charge is -2.28. The Morgan fingerprint density at radius 3 is 2.03 bits per heavy atom. The van der Waals surface area contributed by atoms with Crippen LogP contribution in [0.4, 0.5) is 5.69 Å². The molecule has 1 aliphatic heterocycles. The van der Waals surface area contributed by atoms with E-state index < -0.39 is 9.84 Å². The van der Waals surface area contributed by atoms with E-state index >= 15 is 0 Å². The molecule has 0 saturated carbocycles. The molecule has 0 N–H and O–H groups in total. The molecule has 0 radical (unpaired) electrons. The van der Waals surface area contributed by atoms with E-state index in [4.69, 9.17) is 0 Å². The van der Waals surface area contributed by atoms with Crippen molar-refractivity contribution >= 4 is 21.3 Å². The Kier molecular flexibility index (Phi) is 8.92. The van der Waals surface area contributed by atoms with E-state index in [1.807, 2.05) is 12.1 Å². The lowest BCUT2D eigenvalue weighted by atomic mass is 10.00. The molecule has 174 valence electrons. The van der Waals surface area contributed by atoms with Gasteiger partial charge in [0, 0.05) is 31.6 Å². The predicted molar refractivity (Wildman–Crippen MR) is 134 cm³/mol. The molecular weight excluding hydrogens is 418 g/mol. The van der Waals surface area contributed by atoms with Gasteiger partial charge in [0.1, 0.15) is 5.78 Å². The number of hydrogen-bond donors (Lipinski definition) is 0. The number of unbranched alkanes of at least 4 members (excludes halogenated alkanes) is 2. The summed E-state index contributed by atoms with van der Waals surface area (Å²) in [5.74, 6) is 0.439. The summed E-state index contributed by atoms with van der Waals surface area (Å²) in [6, 6.07) is 17.1. The Morgan fingerprint density at radius 2 is 1.44 bits per heavy atom. The van der Waals surface area contributed by atoms with Crippen LogP contribution < -0.4 is 4.90 Å². The Bertz CT molecular complexity index is 957. The van der Waals surface area contributed by atoms with Gasteiger partial charge in [0.2, 0.25) is 0 Å². The van der Waals surface area contributed by atoms with Crippen LogP contribution in [0.1, 0.15) is 64.4 Å². The van der Waals surface area contributed by atoms with Crippen LogP contribution in [0.15, 0.2) is 48.5 Å². The van der Waals surface area contributed by atoms with Crippen LogP contribution in [0.2, 0.25) is 0 Å². The average Bonchev–Trinajstić information content (AvgIpc) is 2.80. The SMILES string of the molecule is CC(C)S(=O)(=O)CCCCCC(=O)Cc1ccc(-c2ccc(N3CCCCC3)cc2)cc1. The van der Waals surface area contributed by atoms with E-state index in [1.165, 1.54) is 30.5 Å². The van der Waals surface area contributed by atoms with Crippen LogP contribution in [-0.4, -0.2) is 38.3 Å². The fourth-order valence-electron chi connectivity index (χ4n) is 4.19. The van der Waals surface area contributed by atoms with Gasteiger partial charge in [-0.25, -0.2) is 8.42 Å². The summed E-state index contributed by atoms with van der Waals surface area (Å²) in [6.45, 7) is 5.74. The van der Waals surface area contributed by atoms with Gasteiger partial charge in [-0.15, -0.1) is 0 Å². The molecule has 1 heterocycles. The number of benzene rings is 2. The van der Waals surface area contributed by atoms with Crippen molar-refractivity contribution in [1.82, 2.24) is 0 Å². The third-order valence-electron chi connectivity index (χ3n) is 6.38. The highest BCUT2D eigenvalue weighted by Gasteiger charge is 2.15. The highest BCUT2D eigenvalue weighted by atomic mass is 32.2. The molecule has 0 spiro atoms. The van der Waals surface area contributed by atoms with Gasteiger partial charge in [-0.2, -0.15) is 0 Å². The van der Waals surface area contributed by atoms with Gasteiger partial charge in [0.05, 0.1) is 11.0 Å². The van der Waals surface area contributed by atoms with E-state index in [9.17, 15) is 13.2 Å². The summed E-state index contributed by atoms with van der Waals surface area (Å²) in [5.41, 5.74) is 4.70. The molecule has 1 aliphatic rings. The lowest BCUT2D eigenvalue weighted by Crippen LogP contribution is -2.29. The minimum absolute atomic E-state index is 0.218. The molecule has 0 unspecified atom stereocenters. The van der Waals surface area contributed by atoms with Gasteiger partial charge >= 0.3 is 0 Å². The summed E-state index contributed by atoms with van der Waals surface area (Å²) in [4.78, 5) is 14.8. The molecule has 3 rings (SSSR count). The molecule has 0 bridgehead atoms. The first-order valence-corrected chi connectivity index (χ1v) is 13.7. The quantitative estimate of drug-likeness (QED) is 0.400. The molecule has 0 aliphatic carbocycles. The highest BCUT2D eigenvalue weighted by molar-refractivity contribution is 7.91. The Morgan fingerprint density at radius 1 is 0.844 bits per heavy atom. The minimum atomic E-state index is -2.97. The van der Waals surface area contributed by atoms with Gasteiger partial charge < -0.3 is 4.90 Å². The van der Waals surface area contributed by atoms with Crippen molar-refractivity contribution in [3.8, 4) is 11.1 Å². The second-order valence-electron chi connectivity index (χ2n) is 9.23. The Balaban J connectivity index is 1.43. The van der Waals surface area contributed by atoms with Crippen molar-refractivity contribution in [3.05, 3.63) is 54.1 Å². The number of Topliss-reactive ketones (excluding diaryl/α,β-unsaturated/α-hetero) is 1. The van der Waals surface area contributed by atoms with Gasteiger partial charge in [-0.05, 0) is 74.8 Å². The molecular formula is C27H37NO3S. The molecule has 5 heteroatoms. The zero-order chi connectivity index (χ0) is 23.0. The number of carbonyl (C=O) groups excluding carboxylic acids is 1. The van der Waals surface area contributed by atoms with Gasteiger partial charge in [-0.1, -0.05) is 42.8 Å². The van der Waals surface area contributed by atoms with E-state index in [0.717, 1.165) is 37.1 Å². The van der Waals surface area contributed by atoms with Crippen LogP contribution in [0.5, 0.6) is 0 Å².